The molecule has 0 spiro atoms. The van der Waals surface area contributed by atoms with E-state index >= 15 is 0 Å². The van der Waals surface area contributed by atoms with Crippen LogP contribution < -0.4 is 19.6 Å². The smallest absolute Gasteiger partial charge is 0.280 e. The highest BCUT2D eigenvalue weighted by atomic mass is 35.5. The van der Waals surface area contributed by atoms with Crippen molar-refractivity contribution in [2.75, 3.05) is 7.11 Å². The van der Waals surface area contributed by atoms with Gasteiger partial charge in [0.1, 0.15) is 12.4 Å². The largest absolute Gasteiger partial charge is 0.493 e. The molecule has 3 rings (SSSR count). The average molecular weight is 473 g/mol. The van der Waals surface area contributed by atoms with Crippen LogP contribution >= 0.6 is 23.2 Å². The van der Waals surface area contributed by atoms with Gasteiger partial charge in [-0.3, -0.25) is 4.79 Å². The molecule has 32 heavy (non-hydrogen) atoms. The van der Waals surface area contributed by atoms with Gasteiger partial charge in [-0.05, 0) is 55.0 Å². The molecule has 0 aliphatic carbocycles. The molecule has 0 aliphatic heterocycles. The lowest BCUT2D eigenvalue weighted by atomic mass is 10.2. The van der Waals surface area contributed by atoms with Gasteiger partial charge in [-0.2, -0.15) is 5.10 Å². The van der Waals surface area contributed by atoms with E-state index in [0.29, 0.717) is 27.3 Å². The zero-order valence-electron chi connectivity index (χ0n) is 17.5. The predicted octanol–water partition coefficient (Wildman–Crippen LogP) is 5.50. The van der Waals surface area contributed by atoms with Crippen LogP contribution in [0.1, 0.15) is 18.1 Å². The lowest BCUT2D eigenvalue weighted by molar-refractivity contribution is -0.127. The van der Waals surface area contributed by atoms with Crippen LogP contribution in [-0.2, 0) is 11.4 Å². The molecule has 166 valence electrons. The molecule has 1 N–H and O–H groups in total. The van der Waals surface area contributed by atoms with E-state index in [4.69, 9.17) is 37.4 Å². The third kappa shape index (κ3) is 6.64. The summed E-state index contributed by atoms with van der Waals surface area (Å²) in [6, 6.07) is 19.6. The fraction of sp³-hybridized carbons (Fsp3) is 0.167. The molecule has 1 unspecified atom stereocenters. The topological polar surface area (TPSA) is 69.2 Å². The molecule has 0 fully saturated rings. The summed E-state index contributed by atoms with van der Waals surface area (Å²) >= 11 is 12.1. The van der Waals surface area contributed by atoms with Crippen molar-refractivity contribution in [2.24, 2.45) is 5.10 Å². The first-order valence-corrected chi connectivity index (χ1v) is 10.5. The Morgan fingerprint density at radius 2 is 1.84 bits per heavy atom. The molecule has 0 heterocycles. The van der Waals surface area contributed by atoms with Crippen molar-refractivity contribution < 1.29 is 19.0 Å². The van der Waals surface area contributed by atoms with Gasteiger partial charge in [0.25, 0.3) is 5.91 Å². The van der Waals surface area contributed by atoms with Crippen LogP contribution in [0.2, 0.25) is 10.0 Å². The normalized spacial score (nSPS) is 11.8. The third-order valence-corrected chi connectivity index (χ3v) is 4.99. The lowest BCUT2D eigenvalue weighted by Crippen LogP contribution is -2.33. The van der Waals surface area contributed by atoms with Crippen molar-refractivity contribution in [3.8, 4) is 17.2 Å². The number of carbonyl (C=O) groups excluding carboxylic acids is 1. The second kappa shape index (κ2) is 11.4. The zero-order chi connectivity index (χ0) is 22.9. The number of nitrogens with zero attached hydrogens (tertiary/aromatic N) is 1. The van der Waals surface area contributed by atoms with Crippen molar-refractivity contribution >= 4 is 35.3 Å². The number of amides is 1. The molecule has 8 heteroatoms. The molecule has 0 aromatic heterocycles. The Balaban J connectivity index is 1.57. The van der Waals surface area contributed by atoms with Gasteiger partial charge >= 0.3 is 0 Å². The maximum absolute atomic E-state index is 12.2. The predicted molar refractivity (Wildman–Crippen MR) is 126 cm³/mol. The molecule has 0 bridgehead atoms. The van der Waals surface area contributed by atoms with E-state index in [0.717, 1.165) is 11.1 Å². The summed E-state index contributed by atoms with van der Waals surface area (Å²) < 4.78 is 16.8. The van der Waals surface area contributed by atoms with Crippen molar-refractivity contribution in [1.29, 1.82) is 0 Å². The summed E-state index contributed by atoms with van der Waals surface area (Å²) in [5.74, 6) is 1.31. The minimum atomic E-state index is -0.695. The third-order valence-electron chi connectivity index (χ3n) is 4.40. The zero-order valence-corrected chi connectivity index (χ0v) is 19.1. The summed E-state index contributed by atoms with van der Waals surface area (Å²) in [7, 11) is 1.54. The number of halogens is 2. The van der Waals surface area contributed by atoms with Gasteiger partial charge in [0.05, 0.1) is 13.3 Å². The van der Waals surface area contributed by atoms with Gasteiger partial charge in [-0.25, -0.2) is 5.43 Å². The number of hydrazone groups is 1. The molecular formula is C24H22Cl2N2O4. The number of para-hydroxylation sites is 1. The van der Waals surface area contributed by atoms with Crippen molar-refractivity contribution in [3.05, 3.63) is 87.9 Å². The highest BCUT2D eigenvalue weighted by Crippen LogP contribution is 2.29. The van der Waals surface area contributed by atoms with E-state index in [-0.39, 0.29) is 12.5 Å². The fourth-order valence-electron chi connectivity index (χ4n) is 2.70. The number of hydrogen-bond acceptors (Lipinski definition) is 5. The minimum Gasteiger partial charge on any atom is -0.493 e. The van der Waals surface area contributed by atoms with Crippen LogP contribution in [0, 0.1) is 0 Å². The molecule has 0 saturated carbocycles. The second-order valence-corrected chi connectivity index (χ2v) is 7.59. The van der Waals surface area contributed by atoms with E-state index in [2.05, 4.69) is 10.5 Å². The molecule has 0 radical (unpaired) electrons. The molecule has 0 aliphatic rings. The first kappa shape index (κ1) is 23.4. The lowest BCUT2D eigenvalue weighted by Gasteiger charge is -2.13. The molecular weight excluding hydrogens is 451 g/mol. The average Bonchev–Trinajstić information content (AvgIpc) is 2.79. The molecule has 1 amide bonds. The van der Waals surface area contributed by atoms with Crippen LogP contribution in [0.4, 0.5) is 0 Å². The Morgan fingerprint density at radius 1 is 1.06 bits per heavy atom. The highest BCUT2D eigenvalue weighted by molar-refractivity contribution is 6.35. The van der Waals surface area contributed by atoms with Crippen LogP contribution in [-0.4, -0.2) is 25.3 Å². The monoisotopic (exact) mass is 472 g/mol. The standard InChI is InChI=1S/C24H22Cl2N2O4/c1-16(32-20-6-4-3-5-7-20)24(29)28-27-14-17-8-11-22(23(12-17)30-2)31-15-18-9-10-19(25)13-21(18)26/h3-14,16H,15H2,1-2H3,(H,28,29)/b27-14+. The molecule has 3 aromatic carbocycles. The summed E-state index contributed by atoms with van der Waals surface area (Å²) in [5.41, 5.74) is 3.99. The van der Waals surface area contributed by atoms with Crippen LogP contribution in [0.15, 0.2) is 71.8 Å². The maximum atomic E-state index is 12.2. The van der Waals surface area contributed by atoms with Crippen molar-refractivity contribution in [2.45, 2.75) is 19.6 Å². The van der Waals surface area contributed by atoms with Gasteiger partial charge in [0, 0.05) is 15.6 Å². The SMILES string of the molecule is COc1cc(/C=N/NC(=O)C(C)Oc2ccccc2)ccc1OCc1ccc(Cl)cc1Cl. The van der Waals surface area contributed by atoms with Crippen LogP contribution in [0.5, 0.6) is 17.2 Å². The van der Waals surface area contributed by atoms with Gasteiger partial charge in [0.2, 0.25) is 0 Å². The number of ether oxygens (including phenoxy) is 3. The minimum absolute atomic E-state index is 0.259. The second-order valence-electron chi connectivity index (χ2n) is 6.74. The Kier molecular flexibility index (Phi) is 8.36. The van der Waals surface area contributed by atoms with E-state index in [9.17, 15) is 4.79 Å². The molecule has 6 nitrogen and oxygen atoms in total. The maximum Gasteiger partial charge on any atom is 0.280 e. The molecule has 0 saturated heterocycles. The molecule has 3 aromatic rings. The summed E-state index contributed by atoms with van der Waals surface area (Å²) in [6.45, 7) is 1.91. The van der Waals surface area contributed by atoms with Gasteiger partial charge in [0.15, 0.2) is 17.6 Å². The summed E-state index contributed by atoms with van der Waals surface area (Å²) in [6.07, 6.45) is 0.815. The highest BCUT2D eigenvalue weighted by Gasteiger charge is 2.13. The summed E-state index contributed by atoms with van der Waals surface area (Å²) in [5, 5.41) is 5.08. The first-order valence-electron chi connectivity index (χ1n) is 9.75. The van der Waals surface area contributed by atoms with Crippen molar-refractivity contribution in [3.63, 3.8) is 0 Å². The van der Waals surface area contributed by atoms with Gasteiger partial charge < -0.3 is 14.2 Å². The number of methoxy groups -OCH3 is 1. The van der Waals surface area contributed by atoms with Crippen LogP contribution in [0.3, 0.4) is 0 Å². The van der Waals surface area contributed by atoms with E-state index < -0.39 is 6.10 Å². The Bertz CT molecular complexity index is 1090. The van der Waals surface area contributed by atoms with Crippen molar-refractivity contribution in [1.82, 2.24) is 5.43 Å². The van der Waals surface area contributed by atoms with Gasteiger partial charge in [-0.1, -0.05) is 47.5 Å². The number of benzene rings is 3. The number of hydrogen-bond donors (Lipinski definition) is 1. The Hall–Kier alpha value is -3.22. The fourth-order valence-corrected chi connectivity index (χ4v) is 3.16. The Morgan fingerprint density at radius 3 is 2.56 bits per heavy atom. The van der Waals surface area contributed by atoms with Crippen LogP contribution in [0.25, 0.3) is 0 Å². The van der Waals surface area contributed by atoms with E-state index in [1.807, 2.05) is 24.3 Å². The quantitative estimate of drug-likeness (QED) is 0.329. The first-order chi connectivity index (χ1) is 15.5. The van der Waals surface area contributed by atoms with E-state index in [1.54, 1.807) is 56.5 Å². The van der Waals surface area contributed by atoms with Gasteiger partial charge in [-0.15, -0.1) is 0 Å². The number of rotatable bonds is 9. The number of nitrogens with one attached hydrogen (secondary N) is 1. The van der Waals surface area contributed by atoms with E-state index in [1.165, 1.54) is 6.21 Å². The Labute approximate surface area is 196 Å². The molecule has 1 atom stereocenters. The summed E-state index contributed by atoms with van der Waals surface area (Å²) in [4.78, 5) is 12.2. The number of carbonyl (C=O) groups is 1.